The third-order valence-corrected chi connectivity index (χ3v) is 2.29. The molecule has 0 saturated carbocycles. The minimum absolute atomic E-state index is 0.184. The number of hydrogen-bond donors (Lipinski definition) is 2. The third kappa shape index (κ3) is 2.93. The first-order valence-electron chi connectivity index (χ1n) is 4.86. The molecule has 0 aliphatic carbocycles. The summed E-state index contributed by atoms with van der Waals surface area (Å²) in [5.74, 6) is -1.41. The van der Waals surface area contributed by atoms with E-state index in [0.29, 0.717) is 5.69 Å². The molecule has 1 atom stereocenters. The van der Waals surface area contributed by atoms with Crippen LogP contribution in [-0.4, -0.2) is 31.2 Å². The molecule has 0 saturated heterocycles. The van der Waals surface area contributed by atoms with E-state index in [9.17, 15) is 9.18 Å². The topological polar surface area (TPSA) is 66.6 Å². The number of aliphatic carboxylic acids is 1. The van der Waals surface area contributed by atoms with Gasteiger partial charge in [-0.1, -0.05) is 6.07 Å². The van der Waals surface area contributed by atoms with E-state index < -0.39 is 12.0 Å². The first kappa shape index (κ1) is 12.4. The number of benzene rings is 1. The molecule has 0 heterocycles. The van der Waals surface area contributed by atoms with Crippen LogP contribution in [0.2, 0.25) is 0 Å². The molecule has 0 amide bonds. The standard InChI is InChI=1S/C11H15FN2O2/c1-14(2)10-6-8(12)4-3-7(10)5-9(13)11(15)16/h3-4,6,9H,5,13H2,1-2H3,(H,15,16). The van der Waals surface area contributed by atoms with Crippen molar-refractivity contribution in [1.82, 2.24) is 0 Å². The van der Waals surface area contributed by atoms with Gasteiger partial charge in [0.25, 0.3) is 0 Å². The number of anilines is 1. The van der Waals surface area contributed by atoms with E-state index in [4.69, 9.17) is 10.8 Å². The molecule has 88 valence electrons. The van der Waals surface area contributed by atoms with E-state index in [1.54, 1.807) is 25.1 Å². The first-order valence-corrected chi connectivity index (χ1v) is 4.86. The van der Waals surface area contributed by atoms with Crippen LogP contribution in [0.1, 0.15) is 5.56 Å². The largest absolute Gasteiger partial charge is 0.480 e. The summed E-state index contributed by atoms with van der Waals surface area (Å²) in [7, 11) is 3.54. The van der Waals surface area contributed by atoms with Crippen molar-refractivity contribution in [2.75, 3.05) is 19.0 Å². The summed E-state index contributed by atoms with van der Waals surface area (Å²) in [5, 5.41) is 8.71. The fourth-order valence-corrected chi connectivity index (χ4v) is 1.45. The van der Waals surface area contributed by atoms with Crippen LogP contribution < -0.4 is 10.6 Å². The van der Waals surface area contributed by atoms with E-state index in [1.165, 1.54) is 12.1 Å². The molecule has 0 bridgehead atoms. The molecular weight excluding hydrogens is 211 g/mol. The number of halogens is 1. The van der Waals surface area contributed by atoms with Crippen LogP contribution in [0.5, 0.6) is 0 Å². The van der Waals surface area contributed by atoms with Crippen LogP contribution in [0.4, 0.5) is 10.1 Å². The van der Waals surface area contributed by atoms with Crippen molar-refractivity contribution in [1.29, 1.82) is 0 Å². The van der Waals surface area contributed by atoms with Crippen molar-refractivity contribution in [2.24, 2.45) is 5.73 Å². The molecule has 5 heteroatoms. The smallest absolute Gasteiger partial charge is 0.320 e. The predicted molar refractivity (Wildman–Crippen MR) is 60.0 cm³/mol. The molecule has 0 radical (unpaired) electrons. The van der Waals surface area contributed by atoms with Gasteiger partial charge in [0.2, 0.25) is 0 Å². The number of nitrogens with two attached hydrogens (primary N) is 1. The zero-order valence-electron chi connectivity index (χ0n) is 9.27. The van der Waals surface area contributed by atoms with Gasteiger partial charge in [-0.05, 0) is 17.7 Å². The van der Waals surface area contributed by atoms with Gasteiger partial charge in [-0.2, -0.15) is 0 Å². The average Bonchev–Trinajstić information content (AvgIpc) is 2.20. The molecule has 1 rings (SSSR count). The van der Waals surface area contributed by atoms with Crippen LogP contribution in [0.25, 0.3) is 0 Å². The van der Waals surface area contributed by atoms with Crippen molar-refractivity contribution in [3.63, 3.8) is 0 Å². The Morgan fingerprint density at radius 2 is 2.19 bits per heavy atom. The highest BCUT2D eigenvalue weighted by molar-refractivity contribution is 5.74. The summed E-state index contributed by atoms with van der Waals surface area (Å²) in [6, 6.07) is 3.26. The van der Waals surface area contributed by atoms with Crippen LogP contribution in [0.15, 0.2) is 18.2 Å². The maximum Gasteiger partial charge on any atom is 0.320 e. The predicted octanol–water partition coefficient (Wildman–Crippen LogP) is 0.846. The van der Waals surface area contributed by atoms with Crippen molar-refractivity contribution in [2.45, 2.75) is 12.5 Å². The molecule has 3 N–H and O–H groups in total. The molecule has 0 aliphatic rings. The Labute approximate surface area is 93.5 Å². The third-order valence-electron chi connectivity index (χ3n) is 2.29. The fraction of sp³-hybridized carbons (Fsp3) is 0.364. The second-order valence-corrected chi connectivity index (χ2v) is 3.82. The molecule has 0 fully saturated rings. The molecule has 0 spiro atoms. The molecular formula is C11H15FN2O2. The Morgan fingerprint density at radius 3 is 2.69 bits per heavy atom. The summed E-state index contributed by atoms with van der Waals surface area (Å²) in [4.78, 5) is 12.4. The minimum Gasteiger partial charge on any atom is -0.480 e. The Bertz CT molecular complexity index is 394. The van der Waals surface area contributed by atoms with Gasteiger partial charge in [0.05, 0.1) is 0 Å². The number of carbonyl (C=O) groups is 1. The van der Waals surface area contributed by atoms with E-state index in [0.717, 1.165) is 5.56 Å². The minimum atomic E-state index is -1.06. The highest BCUT2D eigenvalue weighted by atomic mass is 19.1. The Kier molecular flexibility index (Phi) is 3.84. The fourth-order valence-electron chi connectivity index (χ4n) is 1.45. The first-order chi connectivity index (χ1) is 7.41. The lowest BCUT2D eigenvalue weighted by atomic mass is 10.0. The Morgan fingerprint density at radius 1 is 1.56 bits per heavy atom. The summed E-state index contributed by atoms with van der Waals surface area (Å²) in [6.45, 7) is 0. The summed E-state index contributed by atoms with van der Waals surface area (Å²) in [5.41, 5.74) is 6.82. The highest BCUT2D eigenvalue weighted by Crippen LogP contribution is 2.21. The summed E-state index contributed by atoms with van der Waals surface area (Å²) >= 11 is 0. The van der Waals surface area contributed by atoms with Crippen molar-refractivity contribution in [3.8, 4) is 0 Å². The van der Waals surface area contributed by atoms with Gasteiger partial charge < -0.3 is 15.7 Å². The molecule has 1 aromatic carbocycles. The molecule has 0 aromatic heterocycles. The van der Waals surface area contributed by atoms with Gasteiger partial charge in [-0.3, -0.25) is 4.79 Å². The normalized spacial score (nSPS) is 12.2. The molecule has 0 aliphatic heterocycles. The summed E-state index contributed by atoms with van der Waals surface area (Å²) in [6.07, 6.45) is 0.184. The van der Waals surface area contributed by atoms with Crippen molar-refractivity contribution < 1.29 is 14.3 Å². The number of carboxylic acid groups (broad SMARTS) is 1. The average molecular weight is 226 g/mol. The van der Waals surface area contributed by atoms with Crippen LogP contribution in [0, 0.1) is 5.82 Å². The summed E-state index contributed by atoms with van der Waals surface area (Å²) < 4.78 is 13.0. The van der Waals surface area contributed by atoms with Crippen LogP contribution in [0.3, 0.4) is 0 Å². The van der Waals surface area contributed by atoms with E-state index in [-0.39, 0.29) is 12.2 Å². The quantitative estimate of drug-likeness (QED) is 0.798. The van der Waals surface area contributed by atoms with Gasteiger partial charge in [0.15, 0.2) is 0 Å². The van der Waals surface area contributed by atoms with Crippen LogP contribution >= 0.6 is 0 Å². The van der Waals surface area contributed by atoms with E-state index in [1.807, 2.05) is 0 Å². The van der Waals surface area contributed by atoms with E-state index >= 15 is 0 Å². The molecule has 16 heavy (non-hydrogen) atoms. The van der Waals surface area contributed by atoms with Gasteiger partial charge in [0, 0.05) is 26.2 Å². The van der Waals surface area contributed by atoms with Gasteiger partial charge >= 0.3 is 5.97 Å². The molecule has 1 unspecified atom stereocenters. The van der Waals surface area contributed by atoms with Crippen LogP contribution in [-0.2, 0) is 11.2 Å². The number of carboxylic acids is 1. The number of rotatable bonds is 4. The monoisotopic (exact) mass is 226 g/mol. The lowest BCUT2D eigenvalue weighted by Crippen LogP contribution is -2.32. The zero-order valence-corrected chi connectivity index (χ0v) is 9.27. The lowest BCUT2D eigenvalue weighted by molar-refractivity contribution is -0.138. The SMILES string of the molecule is CN(C)c1cc(F)ccc1CC(N)C(=O)O. The van der Waals surface area contributed by atoms with Gasteiger partial charge in [0.1, 0.15) is 11.9 Å². The Balaban J connectivity index is 2.99. The maximum atomic E-state index is 13.0. The maximum absolute atomic E-state index is 13.0. The van der Waals surface area contributed by atoms with Crippen molar-refractivity contribution >= 4 is 11.7 Å². The van der Waals surface area contributed by atoms with Crippen molar-refractivity contribution in [3.05, 3.63) is 29.6 Å². The number of hydrogen-bond acceptors (Lipinski definition) is 3. The highest BCUT2D eigenvalue weighted by Gasteiger charge is 2.15. The van der Waals surface area contributed by atoms with E-state index in [2.05, 4.69) is 0 Å². The lowest BCUT2D eigenvalue weighted by Gasteiger charge is -2.18. The zero-order chi connectivity index (χ0) is 12.3. The number of nitrogens with zero attached hydrogens (tertiary/aromatic N) is 1. The second kappa shape index (κ2) is 4.94. The van der Waals surface area contributed by atoms with Gasteiger partial charge in [-0.15, -0.1) is 0 Å². The molecule has 1 aromatic rings. The van der Waals surface area contributed by atoms with Gasteiger partial charge in [-0.25, -0.2) is 4.39 Å². The second-order valence-electron chi connectivity index (χ2n) is 3.82. The molecule has 4 nitrogen and oxygen atoms in total. The Hall–Kier alpha value is -1.62.